The lowest BCUT2D eigenvalue weighted by atomic mass is 9.68. The van der Waals surface area contributed by atoms with Crippen molar-refractivity contribution in [1.29, 1.82) is 0 Å². The molecule has 2 saturated carbocycles. The van der Waals surface area contributed by atoms with E-state index in [1.807, 2.05) is 0 Å². The molecule has 1 aromatic rings. The standard InChI is InChI=1S/C19H28BrN/c1-13(11-14-5-7-16(20)8-6-14)21-17-18(2,3)15-9-10-19(17,4)12-15/h5-8,13,15,17,21H,9-12H2,1-4H3/t13?,15-,17?,19+/m0/s1. The summed E-state index contributed by atoms with van der Waals surface area (Å²) in [6, 6.07) is 9.95. The van der Waals surface area contributed by atoms with E-state index in [1.54, 1.807) is 0 Å². The predicted molar refractivity (Wildman–Crippen MR) is 93.5 cm³/mol. The van der Waals surface area contributed by atoms with Crippen LogP contribution in [0, 0.1) is 16.7 Å². The molecule has 1 nitrogen and oxygen atoms in total. The molecule has 2 aliphatic rings. The highest BCUT2D eigenvalue weighted by Gasteiger charge is 2.59. The van der Waals surface area contributed by atoms with Crippen molar-refractivity contribution in [3.05, 3.63) is 34.3 Å². The zero-order valence-electron chi connectivity index (χ0n) is 13.7. The third kappa shape index (κ3) is 2.82. The van der Waals surface area contributed by atoms with E-state index in [0.717, 1.165) is 16.8 Å². The minimum absolute atomic E-state index is 0.445. The van der Waals surface area contributed by atoms with Crippen LogP contribution in [-0.2, 0) is 6.42 Å². The van der Waals surface area contributed by atoms with Crippen LogP contribution in [0.2, 0.25) is 0 Å². The van der Waals surface area contributed by atoms with Crippen molar-refractivity contribution in [3.8, 4) is 0 Å². The topological polar surface area (TPSA) is 12.0 Å². The number of rotatable bonds is 4. The molecule has 0 aliphatic heterocycles. The first kappa shape index (κ1) is 15.6. The summed E-state index contributed by atoms with van der Waals surface area (Å²) in [5, 5.41) is 3.99. The maximum absolute atomic E-state index is 3.99. The molecule has 2 aliphatic carbocycles. The Balaban J connectivity index is 1.67. The van der Waals surface area contributed by atoms with E-state index in [4.69, 9.17) is 0 Å². The van der Waals surface area contributed by atoms with Gasteiger partial charge in [0.05, 0.1) is 0 Å². The number of halogens is 1. The van der Waals surface area contributed by atoms with Crippen LogP contribution in [-0.4, -0.2) is 12.1 Å². The third-order valence-corrected chi connectivity index (χ3v) is 6.70. The summed E-state index contributed by atoms with van der Waals surface area (Å²) >= 11 is 3.51. The molecule has 21 heavy (non-hydrogen) atoms. The zero-order valence-corrected chi connectivity index (χ0v) is 15.3. The minimum Gasteiger partial charge on any atom is -0.310 e. The Hall–Kier alpha value is -0.340. The van der Waals surface area contributed by atoms with Gasteiger partial charge in [0.25, 0.3) is 0 Å². The van der Waals surface area contributed by atoms with Gasteiger partial charge in [-0.15, -0.1) is 0 Å². The van der Waals surface area contributed by atoms with E-state index in [0.29, 0.717) is 22.9 Å². The van der Waals surface area contributed by atoms with Gasteiger partial charge in [-0.3, -0.25) is 0 Å². The van der Waals surface area contributed by atoms with Crippen molar-refractivity contribution in [3.63, 3.8) is 0 Å². The van der Waals surface area contributed by atoms with Crippen molar-refractivity contribution in [1.82, 2.24) is 5.32 Å². The van der Waals surface area contributed by atoms with Gasteiger partial charge in [-0.25, -0.2) is 0 Å². The van der Waals surface area contributed by atoms with Crippen molar-refractivity contribution in [2.75, 3.05) is 0 Å². The van der Waals surface area contributed by atoms with Crippen molar-refractivity contribution >= 4 is 15.9 Å². The second-order valence-electron chi connectivity index (χ2n) is 8.25. The molecule has 0 heterocycles. The molecule has 0 amide bonds. The van der Waals surface area contributed by atoms with E-state index in [1.165, 1.54) is 24.8 Å². The lowest BCUT2D eigenvalue weighted by Gasteiger charge is -2.44. The number of fused-ring (bicyclic) bond motifs is 2. The lowest BCUT2D eigenvalue weighted by molar-refractivity contribution is 0.100. The van der Waals surface area contributed by atoms with Crippen LogP contribution in [0.15, 0.2) is 28.7 Å². The van der Waals surface area contributed by atoms with Crippen molar-refractivity contribution < 1.29 is 0 Å². The van der Waals surface area contributed by atoms with E-state index in [2.05, 4.69) is 73.2 Å². The van der Waals surface area contributed by atoms with Crippen LogP contribution in [0.3, 0.4) is 0 Å². The number of nitrogens with one attached hydrogen (secondary N) is 1. The lowest BCUT2D eigenvalue weighted by Crippen LogP contribution is -2.53. The molecule has 116 valence electrons. The highest BCUT2D eigenvalue weighted by molar-refractivity contribution is 9.10. The van der Waals surface area contributed by atoms with E-state index in [-0.39, 0.29) is 0 Å². The molecule has 0 aromatic heterocycles. The smallest absolute Gasteiger partial charge is 0.0177 e. The number of hydrogen-bond donors (Lipinski definition) is 1. The largest absolute Gasteiger partial charge is 0.310 e. The van der Waals surface area contributed by atoms with Crippen LogP contribution in [0.25, 0.3) is 0 Å². The molecule has 1 N–H and O–H groups in total. The molecule has 2 bridgehead atoms. The molecule has 0 saturated heterocycles. The highest BCUT2D eigenvalue weighted by Crippen LogP contribution is 2.62. The van der Waals surface area contributed by atoms with Gasteiger partial charge in [0, 0.05) is 16.6 Å². The summed E-state index contributed by atoms with van der Waals surface area (Å²) in [5.74, 6) is 0.917. The van der Waals surface area contributed by atoms with E-state index < -0.39 is 0 Å². The summed E-state index contributed by atoms with van der Waals surface area (Å²) in [7, 11) is 0. The zero-order chi connectivity index (χ0) is 15.3. The first-order valence-corrected chi connectivity index (χ1v) is 9.11. The molecular weight excluding hydrogens is 322 g/mol. The van der Waals surface area contributed by atoms with Gasteiger partial charge in [-0.2, -0.15) is 0 Å². The van der Waals surface area contributed by atoms with Gasteiger partial charge in [0.2, 0.25) is 0 Å². The highest BCUT2D eigenvalue weighted by atomic mass is 79.9. The average Bonchev–Trinajstić information content (AvgIpc) is 2.89. The second kappa shape index (κ2) is 5.38. The Morgan fingerprint density at radius 1 is 1.24 bits per heavy atom. The molecule has 0 radical (unpaired) electrons. The van der Waals surface area contributed by atoms with Gasteiger partial charge in [0.15, 0.2) is 0 Å². The summed E-state index contributed by atoms with van der Waals surface area (Å²) < 4.78 is 1.16. The Morgan fingerprint density at radius 2 is 1.90 bits per heavy atom. The van der Waals surface area contributed by atoms with Gasteiger partial charge in [-0.05, 0) is 67.1 Å². The SMILES string of the molecule is CC(Cc1ccc(Br)cc1)NC1C(C)(C)[C@H]2CC[C@]1(C)C2. The normalized spacial score (nSPS) is 35.1. The van der Waals surface area contributed by atoms with Crippen LogP contribution < -0.4 is 5.32 Å². The molecule has 2 fully saturated rings. The fourth-order valence-corrected chi connectivity index (χ4v) is 5.30. The van der Waals surface area contributed by atoms with Gasteiger partial charge in [0.1, 0.15) is 0 Å². The van der Waals surface area contributed by atoms with Crippen LogP contribution in [0.4, 0.5) is 0 Å². The Morgan fingerprint density at radius 3 is 2.48 bits per heavy atom. The molecule has 1 aromatic carbocycles. The minimum atomic E-state index is 0.445. The predicted octanol–water partition coefficient (Wildman–Crippen LogP) is 5.18. The van der Waals surface area contributed by atoms with Crippen LogP contribution >= 0.6 is 15.9 Å². The Labute approximate surface area is 138 Å². The van der Waals surface area contributed by atoms with E-state index >= 15 is 0 Å². The summed E-state index contributed by atoms with van der Waals surface area (Å²) in [5.41, 5.74) is 2.38. The summed E-state index contributed by atoms with van der Waals surface area (Å²) in [6.07, 6.45) is 5.37. The van der Waals surface area contributed by atoms with Crippen molar-refractivity contribution in [2.45, 2.75) is 65.5 Å². The number of hydrogen-bond acceptors (Lipinski definition) is 1. The van der Waals surface area contributed by atoms with Crippen LogP contribution in [0.5, 0.6) is 0 Å². The number of benzene rings is 1. The molecule has 3 rings (SSSR count). The maximum atomic E-state index is 3.99. The van der Waals surface area contributed by atoms with E-state index in [9.17, 15) is 0 Å². The quantitative estimate of drug-likeness (QED) is 0.788. The third-order valence-electron chi connectivity index (χ3n) is 6.18. The average molecular weight is 350 g/mol. The maximum Gasteiger partial charge on any atom is 0.0177 e. The molecular formula is C19H28BrN. The van der Waals surface area contributed by atoms with Gasteiger partial charge in [-0.1, -0.05) is 48.8 Å². The Kier molecular flexibility index (Phi) is 3.99. The fourth-order valence-electron chi connectivity index (χ4n) is 5.04. The summed E-state index contributed by atoms with van der Waals surface area (Å²) in [6.45, 7) is 9.80. The monoisotopic (exact) mass is 349 g/mol. The van der Waals surface area contributed by atoms with Crippen LogP contribution in [0.1, 0.15) is 52.5 Å². The summed E-state index contributed by atoms with van der Waals surface area (Å²) in [4.78, 5) is 0. The van der Waals surface area contributed by atoms with Crippen molar-refractivity contribution in [2.24, 2.45) is 16.7 Å². The first-order valence-electron chi connectivity index (χ1n) is 8.32. The second-order valence-corrected chi connectivity index (χ2v) is 9.16. The molecule has 2 heteroatoms. The van der Waals surface area contributed by atoms with Gasteiger partial charge >= 0.3 is 0 Å². The Bertz CT molecular complexity index is 502. The van der Waals surface area contributed by atoms with Gasteiger partial charge < -0.3 is 5.32 Å². The molecule has 0 spiro atoms. The fraction of sp³-hybridized carbons (Fsp3) is 0.684. The first-order chi connectivity index (χ1) is 9.81. The molecule has 2 unspecified atom stereocenters. The molecule has 4 atom stereocenters.